The van der Waals surface area contributed by atoms with Gasteiger partial charge >= 0.3 is 12.5 Å². The average Bonchev–Trinajstić information content (AvgIpc) is 2.75. The second-order valence-corrected chi connectivity index (χ2v) is 8.74. The highest BCUT2D eigenvalue weighted by Crippen LogP contribution is 2.38. The van der Waals surface area contributed by atoms with E-state index >= 15 is 0 Å². The van der Waals surface area contributed by atoms with E-state index in [4.69, 9.17) is 4.74 Å². The van der Waals surface area contributed by atoms with Crippen molar-refractivity contribution in [2.45, 2.75) is 64.3 Å². The van der Waals surface area contributed by atoms with Gasteiger partial charge in [0.05, 0.1) is 17.7 Å². The van der Waals surface area contributed by atoms with Crippen LogP contribution in [0.5, 0.6) is 5.75 Å². The van der Waals surface area contributed by atoms with Crippen molar-refractivity contribution in [1.29, 1.82) is 0 Å². The van der Waals surface area contributed by atoms with E-state index in [-0.39, 0.29) is 11.3 Å². The summed E-state index contributed by atoms with van der Waals surface area (Å²) in [5, 5.41) is 0. The van der Waals surface area contributed by atoms with Crippen LogP contribution in [0.3, 0.4) is 0 Å². The summed E-state index contributed by atoms with van der Waals surface area (Å²) in [6, 6.07) is 5.09. The van der Waals surface area contributed by atoms with Crippen LogP contribution in [0.15, 0.2) is 36.4 Å². The van der Waals surface area contributed by atoms with E-state index in [0.717, 1.165) is 55.9 Å². The third-order valence-corrected chi connectivity index (χ3v) is 6.19. The number of alkyl halides is 5. The van der Waals surface area contributed by atoms with Crippen LogP contribution in [0.4, 0.5) is 30.7 Å². The van der Waals surface area contributed by atoms with Gasteiger partial charge in [-0.2, -0.15) is 8.78 Å². The third-order valence-electron chi connectivity index (χ3n) is 6.19. The van der Waals surface area contributed by atoms with Crippen LogP contribution in [0, 0.1) is 23.5 Å². The maximum atomic E-state index is 14.6. The lowest BCUT2D eigenvalue weighted by Crippen LogP contribution is -2.27. The van der Waals surface area contributed by atoms with Crippen molar-refractivity contribution in [3.05, 3.63) is 53.6 Å². The zero-order valence-electron chi connectivity index (χ0n) is 18.7. The molecule has 1 fully saturated rings. The first kappa shape index (κ1) is 26.3. The maximum absolute atomic E-state index is 14.6. The molecule has 0 atom stereocenters. The Morgan fingerprint density at radius 3 is 1.94 bits per heavy atom. The fourth-order valence-electron chi connectivity index (χ4n) is 4.34. The molecule has 0 saturated heterocycles. The van der Waals surface area contributed by atoms with Gasteiger partial charge in [0.2, 0.25) is 0 Å². The summed E-state index contributed by atoms with van der Waals surface area (Å²) < 4.78 is 101. The van der Waals surface area contributed by atoms with Crippen LogP contribution in [0.25, 0.3) is 11.1 Å². The summed E-state index contributed by atoms with van der Waals surface area (Å²) >= 11 is 0. The molecule has 0 aromatic heterocycles. The Hall–Kier alpha value is -2.29. The predicted octanol–water partition coefficient (Wildman–Crippen LogP) is 8.59. The zero-order chi connectivity index (χ0) is 24.9. The molecule has 9 heteroatoms. The van der Waals surface area contributed by atoms with E-state index < -0.39 is 35.2 Å². The van der Waals surface area contributed by atoms with Crippen molar-refractivity contribution < 1.29 is 40.2 Å². The van der Waals surface area contributed by atoms with Gasteiger partial charge in [-0.15, -0.1) is 13.2 Å². The van der Waals surface area contributed by atoms with Crippen molar-refractivity contribution in [1.82, 2.24) is 0 Å². The third kappa shape index (κ3) is 7.10. The van der Waals surface area contributed by atoms with E-state index in [1.165, 1.54) is 19.3 Å². The van der Waals surface area contributed by atoms with Crippen molar-refractivity contribution in [2.75, 3.05) is 6.61 Å². The number of unbranched alkanes of at least 4 members (excludes halogenated alkanes) is 1. The van der Waals surface area contributed by atoms with Crippen LogP contribution in [0.2, 0.25) is 0 Å². The second-order valence-electron chi connectivity index (χ2n) is 8.74. The first-order chi connectivity index (χ1) is 16.0. The lowest BCUT2D eigenvalue weighted by atomic mass is 9.80. The predicted molar refractivity (Wildman–Crippen MR) is 113 cm³/mol. The molecule has 0 radical (unpaired) electrons. The van der Waals surface area contributed by atoms with Crippen LogP contribution in [-0.4, -0.2) is 13.0 Å². The normalized spacial score (nSPS) is 19.3. The molecule has 0 bridgehead atoms. The Balaban J connectivity index is 1.63. The summed E-state index contributed by atoms with van der Waals surface area (Å²) in [5.74, 6) is -0.865. The van der Waals surface area contributed by atoms with Gasteiger partial charge in [0.15, 0.2) is 0 Å². The lowest BCUT2D eigenvalue weighted by Gasteiger charge is -2.28. The van der Waals surface area contributed by atoms with Gasteiger partial charge in [0.1, 0.15) is 17.4 Å². The van der Waals surface area contributed by atoms with E-state index in [2.05, 4.69) is 11.7 Å². The molecule has 0 aliphatic heterocycles. The Bertz CT molecular complexity index is 910. The van der Waals surface area contributed by atoms with Crippen LogP contribution >= 0.6 is 0 Å². The highest BCUT2D eigenvalue weighted by atomic mass is 19.4. The van der Waals surface area contributed by atoms with Crippen molar-refractivity contribution in [3.8, 4) is 16.9 Å². The minimum absolute atomic E-state index is 0.0218. The number of ether oxygens (including phenoxy) is 2. The van der Waals surface area contributed by atoms with Gasteiger partial charge in [0, 0.05) is 12.1 Å². The second kappa shape index (κ2) is 11.0. The van der Waals surface area contributed by atoms with Gasteiger partial charge in [-0.05, 0) is 42.4 Å². The lowest BCUT2D eigenvalue weighted by molar-refractivity contribution is -0.431. The standard InChI is InChI=1S/C25H27F7O2/c1-2-3-4-16-5-7-17(8-6-16)15-33-20-13-21(26)23(22(27)14-20)18-9-11-19(12-10-18)24(28,29)34-25(30,31)32/h9-14,16-17H,2-8,15H2,1H3. The topological polar surface area (TPSA) is 18.5 Å². The number of hydrogen-bond donors (Lipinski definition) is 0. The highest BCUT2D eigenvalue weighted by molar-refractivity contribution is 5.66. The minimum Gasteiger partial charge on any atom is -0.493 e. The van der Waals surface area contributed by atoms with Crippen LogP contribution in [0.1, 0.15) is 57.4 Å². The molecule has 0 amide bonds. The number of hydrogen-bond acceptors (Lipinski definition) is 2. The first-order valence-corrected chi connectivity index (χ1v) is 11.4. The maximum Gasteiger partial charge on any atom is 0.527 e. The van der Waals surface area contributed by atoms with Gasteiger partial charge in [0.25, 0.3) is 0 Å². The fourth-order valence-corrected chi connectivity index (χ4v) is 4.34. The van der Waals surface area contributed by atoms with E-state index in [0.29, 0.717) is 24.7 Å². The fraction of sp³-hybridized carbons (Fsp3) is 0.520. The van der Waals surface area contributed by atoms with Crippen molar-refractivity contribution in [3.63, 3.8) is 0 Å². The molecule has 2 aromatic carbocycles. The highest BCUT2D eigenvalue weighted by Gasteiger charge is 2.46. The molecular weight excluding hydrogens is 465 g/mol. The van der Waals surface area contributed by atoms with Gasteiger partial charge in [-0.3, -0.25) is 0 Å². The average molecular weight is 492 g/mol. The quantitative estimate of drug-likeness (QED) is 0.326. The Kier molecular flexibility index (Phi) is 8.49. The molecule has 1 saturated carbocycles. The largest absolute Gasteiger partial charge is 0.527 e. The molecule has 34 heavy (non-hydrogen) atoms. The van der Waals surface area contributed by atoms with E-state index in [1.807, 2.05) is 0 Å². The molecule has 2 aromatic rings. The minimum atomic E-state index is -5.55. The molecule has 3 rings (SSSR count). The number of rotatable bonds is 9. The SMILES string of the molecule is CCCCC1CCC(COc2cc(F)c(-c3ccc(C(F)(F)OC(F)(F)F)cc3)c(F)c2)CC1. The van der Waals surface area contributed by atoms with Gasteiger partial charge < -0.3 is 4.74 Å². The molecule has 0 N–H and O–H groups in total. The smallest absolute Gasteiger partial charge is 0.493 e. The summed E-state index contributed by atoms with van der Waals surface area (Å²) in [4.78, 5) is 0. The molecule has 0 unspecified atom stereocenters. The van der Waals surface area contributed by atoms with Crippen LogP contribution < -0.4 is 4.74 Å². The Labute approximate surface area is 194 Å². The molecule has 2 nitrogen and oxygen atoms in total. The van der Waals surface area contributed by atoms with Crippen LogP contribution in [-0.2, 0) is 10.8 Å². The van der Waals surface area contributed by atoms with E-state index in [1.54, 1.807) is 0 Å². The van der Waals surface area contributed by atoms with Crippen molar-refractivity contribution >= 4 is 0 Å². The molecular formula is C25H27F7O2. The summed E-state index contributed by atoms with van der Waals surface area (Å²) in [5.41, 5.74) is -1.70. The molecule has 188 valence electrons. The molecule has 0 spiro atoms. The number of benzene rings is 2. The number of halogens is 7. The van der Waals surface area contributed by atoms with Gasteiger partial charge in [-0.25, -0.2) is 13.5 Å². The molecule has 0 heterocycles. The summed E-state index contributed by atoms with van der Waals surface area (Å²) in [6.07, 6.45) is -2.29. The van der Waals surface area contributed by atoms with Gasteiger partial charge in [-0.1, -0.05) is 51.2 Å². The first-order valence-electron chi connectivity index (χ1n) is 11.4. The molecule has 1 aliphatic rings. The summed E-state index contributed by atoms with van der Waals surface area (Å²) in [7, 11) is 0. The Morgan fingerprint density at radius 1 is 0.853 bits per heavy atom. The Morgan fingerprint density at radius 2 is 1.41 bits per heavy atom. The molecule has 1 aliphatic carbocycles. The van der Waals surface area contributed by atoms with Crippen molar-refractivity contribution in [2.24, 2.45) is 11.8 Å². The monoisotopic (exact) mass is 492 g/mol. The summed E-state index contributed by atoms with van der Waals surface area (Å²) in [6.45, 7) is 2.52. The zero-order valence-corrected chi connectivity index (χ0v) is 18.7. The van der Waals surface area contributed by atoms with E-state index in [9.17, 15) is 30.7 Å².